The van der Waals surface area contributed by atoms with Crippen LogP contribution >= 0.6 is 15.9 Å². The minimum atomic E-state index is -0.325. The van der Waals surface area contributed by atoms with Crippen LogP contribution in [0.4, 0.5) is 4.39 Å². The van der Waals surface area contributed by atoms with E-state index in [1.54, 1.807) is 6.07 Å². The van der Waals surface area contributed by atoms with Crippen molar-refractivity contribution in [1.82, 2.24) is 0 Å². The Labute approximate surface area is 117 Å². The molecule has 0 aliphatic carbocycles. The number of rotatable bonds is 6. The highest BCUT2D eigenvalue weighted by Gasteiger charge is 2.30. The first kappa shape index (κ1) is 15.6. The van der Waals surface area contributed by atoms with E-state index in [1.165, 1.54) is 12.1 Å². The highest BCUT2D eigenvalue weighted by atomic mass is 79.9. The van der Waals surface area contributed by atoms with Crippen LogP contribution in [-0.4, -0.2) is 18.3 Å². The summed E-state index contributed by atoms with van der Waals surface area (Å²) in [5.74, 6) is 0.191. The molecule has 1 aromatic rings. The number of halogens is 2. The van der Waals surface area contributed by atoms with Gasteiger partial charge < -0.3 is 10.8 Å². The lowest BCUT2D eigenvalue weighted by Crippen LogP contribution is -2.37. The number of nitrogens with two attached hydrogens (primary N) is 1. The topological polar surface area (TPSA) is 46.2 Å². The smallest absolute Gasteiger partial charge is 0.124 e. The number of hydrogen-bond donors (Lipinski definition) is 2. The fourth-order valence-electron chi connectivity index (χ4n) is 2.35. The Morgan fingerprint density at radius 1 is 1.44 bits per heavy atom. The maximum absolute atomic E-state index is 13.1. The molecular formula is C14H21BrFNO. The summed E-state index contributed by atoms with van der Waals surface area (Å²) in [4.78, 5) is 0. The van der Waals surface area contributed by atoms with E-state index >= 15 is 0 Å². The summed E-state index contributed by atoms with van der Waals surface area (Å²) >= 11 is 3.36. The molecule has 1 unspecified atom stereocenters. The van der Waals surface area contributed by atoms with Gasteiger partial charge in [-0.3, -0.25) is 0 Å². The molecule has 0 radical (unpaired) electrons. The first-order valence-corrected chi connectivity index (χ1v) is 6.96. The van der Waals surface area contributed by atoms with Gasteiger partial charge in [0.25, 0.3) is 0 Å². The predicted molar refractivity (Wildman–Crippen MR) is 75.8 cm³/mol. The van der Waals surface area contributed by atoms with Gasteiger partial charge in [-0.25, -0.2) is 4.39 Å². The van der Waals surface area contributed by atoms with Gasteiger partial charge in [0, 0.05) is 16.4 Å². The van der Waals surface area contributed by atoms with E-state index < -0.39 is 0 Å². The molecule has 0 fully saturated rings. The lowest BCUT2D eigenvalue weighted by Gasteiger charge is -2.32. The zero-order valence-corrected chi connectivity index (χ0v) is 12.5. The molecule has 2 nitrogen and oxygen atoms in total. The lowest BCUT2D eigenvalue weighted by molar-refractivity contribution is 0.108. The minimum Gasteiger partial charge on any atom is -0.396 e. The first-order chi connectivity index (χ1) is 8.42. The van der Waals surface area contributed by atoms with Gasteiger partial charge in [0.2, 0.25) is 0 Å². The second-order valence-corrected chi connectivity index (χ2v) is 6.23. The third-order valence-electron chi connectivity index (χ3n) is 3.19. The number of benzene rings is 1. The van der Waals surface area contributed by atoms with E-state index in [2.05, 4.69) is 29.8 Å². The molecule has 0 aromatic heterocycles. The fourth-order valence-corrected chi connectivity index (χ4v) is 2.84. The normalized spacial score (nSPS) is 14.8. The van der Waals surface area contributed by atoms with Gasteiger partial charge in [-0.15, -0.1) is 0 Å². The Morgan fingerprint density at radius 3 is 2.56 bits per heavy atom. The largest absolute Gasteiger partial charge is 0.396 e. The molecule has 1 rings (SSSR count). The molecule has 18 heavy (non-hydrogen) atoms. The molecule has 0 spiro atoms. The molecule has 0 aliphatic rings. The standard InChI is InChI=1S/C14H21BrFNO/c1-10(2)6-14(8-17,9-18)7-11-3-4-12(16)5-13(11)15/h3-5,10,18H,6-9,17H2,1-2H3. The Balaban J connectivity index is 2.95. The molecule has 102 valence electrons. The van der Waals surface area contributed by atoms with Crippen LogP contribution in [0.2, 0.25) is 0 Å². The van der Waals surface area contributed by atoms with E-state index in [-0.39, 0.29) is 17.8 Å². The zero-order valence-electron chi connectivity index (χ0n) is 10.9. The van der Waals surface area contributed by atoms with Crippen molar-refractivity contribution >= 4 is 15.9 Å². The Morgan fingerprint density at radius 2 is 2.11 bits per heavy atom. The maximum atomic E-state index is 13.1. The quantitative estimate of drug-likeness (QED) is 0.846. The molecule has 0 saturated carbocycles. The van der Waals surface area contributed by atoms with Crippen LogP contribution in [0.5, 0.6) is 0 Å². The summed E-state index contributed by atoms with van der Waals surface area (Å²) < 4.78 is 13.8. The summed E-state index contributed by atoms with van der Waals surface area (Å²) in [7, 11) is 0. The predicted octanol–water partition coefficient (Wildman–Crippen LogP) is 3.11. The summed E-state index contributed by atoms with van der Waals surface area (Å²) in [6.45, 7) is 4.69. The fraction of sp³-hybridized carbons (Fsp3) is 0.571. The Kier molecular flexibility index (Phi) is 5.76. The lowest BCUT2D eigenvalue weighted by atomic mass is 9.76. The minimum absolute atomic E-state index is 0.0471. The van der Waals surface area contributed by atoms with Crippen molar-refractivity contribution in [1.29, 1.82) is 0 Å². The van der Waals surface area contributed by atoms with Crippen LogP contribution < -0.4 is 5.73 Å². The third-order valence-corrected chi connectivity index (χ3v) is 3.93. The monoisotopic (exact) mass is 317 g/mol. The van der Waals surface area contributed by atoms with Gasteiger partial charge in [0.05, 0.1) is 6.61 Å². The average Bonchev–Trinajstić information content (AvgIpc) is 2.31. The third kappa shape index (κ3) is 4.04. The van der Waals surface area contributed by atoms with Gasteiger partial charge in [-0.05, 0) is 36.5 Å². The van der Waals surface area contributed by atoms with E-state index in [0.717, 1.165) is 16.5 Å². The van der Waals surface area contributed by atoms with E-state index in [9.17, 15) is 9.50 Å². The van der Waals surface area contributed by atoms with Gasteiger partial charge in [0.1, 0.15) is 5.82 Å². The maximum Gasteiger partial charge on any atom is 0.124 e. The Hall–Kier alpha value is -0.450. The van der Waals surface area contributed by atoms with Gasteiger partial charge >= 0.3 is 0 Å². The van der Waals surface area contributed by atoms with Gasteiger partial charge in [0.15, 0.2) is 0 Å². The highest BCUT2D eigenvalue weighted by molar-refractivity contribution is 9.10. The molecule has 0 amide bonds. The van der Waals surface area contributed by atoms with Gasteiger partial charge in [-0.1, -0.05) is 35.8 Å². The van der Waals surface area contributed by atoms with E-state index in [0.29, 0.717) is 18.9 Å². The van der Waals surface area contributed by atoms with Crippen LogP contribution in [0, 0.1) is 17.2 Å². The van der Waals surface area contributed by atoms with Crippen LogP contribution in [-0.2, 0) is 6.42 Å². The van der Waals surface area contributed by atoms with Crippen molar-refractivity contribution in [2.75, 3.05) is 13.2 Å². The molecule has 0 saturated heterocycles. The molecule has 0 bridgehead atoms. The summed E-state index contributed by atoms with van der Waals surface area (Å²) in [6, 6.07) is 4.64. The summed E-state index contributed by atoms with van der Waals surface area (Å²) in [6.07, 6.45) is 1.50. The SMILES string of the molecule is CC(C)CC(CN)(CO)Cc1ccc(F)cc1Br. The molecule has 0 aliphatic heterocycles. The van der Waals surface area contributed by atoms with Crippen molar-refractivity contribution in [2.45, 2.75) is 26.7 Å². The second kappa shape index (κ2) is 6.64. The molecule has 1 aromatic carbocycles. The summed E-state index contributed by atoms with van der Waals surface area (Å²) in [5.41, 5.74) is 6.50. The number of hydrogen-bond acceptors (Lipinski definition) is 2. The number of aliphatic hydroxyl groups excluding tert-OH is 1. The van der Waals surface area contributed by atoms with Crippen LogP contribution in [0.1, 0.15) is 25.8 Å². The van der Waals surface area contributed by atoms with Crippen molar-refractivity contribution < 1.29 is 9.50 Å². The average molecular weight is 318 g/mol. The van der Waals surface area contributed by atoms with E-state index in [4.69, 9.17) is 5.73 Å². The molecule has 0 heterocycles. The van der Waals surface area contributed by atoms with E-state index in [1.807, 2.05) is 0 Å². The zero-order chi connectivity index (χ0) is 13.8. The molecule has 4 heteroatoms. The molecular weight excluding hydrogens is 297 g/mol. The number of aliphatic hydroxyl groups is 1. The van der Waals surface area contributed by atoms with Crippen LogP contribution in [0.3, 0.4) is 0 Å². The van der Waals surface area contributed by atoms with Crippen molar-refractivity contribution in [3.63, 3.8) is 0 Å². The van der Waals surface area contributed by atoms with Crippen molar-refractivity contribution in [2.24, 2.45) is 17.1 Å². The van der Waals surface area contributed by atoms with Crippen LogP contribution in [0.15, 0.2) is 22.7 Å². The van der Waals surface area contributed by atoms with Crippen molar-refractivity contribution in [3.8, 4) is 0 Å². The Bertz CT molecular complexity index is 391. The van der Waals surface area contributed by atoms with Crippen molar-refractivity contribution in [3.05, 3.63) is 34.1 Å². The highest BCUT2D eigenvalue weighted by Crippen LogP contribution is 2.32. The van der Waals surface area contributed by atoms with Crippen LogP contribution in [0.25, 0.3) is 0 Å². The molecule has 1 atom stereocenters. The molecule has 3 N–H and O–H groups in total. The first-order valence-electron chi connectivity index (χ1n) is 6.17. The van der Waals surface area contributed by atoms with Gasteiger partial charge in [-0.2, -0.15) is 0 Å². The summed E-state index contributed by atoms with van der Waals surface area (Å²) in [5, 5.41) is 9.66. The second-order valence-electron chi connectivity index (χ2n) is 5.37.